The maximum atomic E-state index is 13.1. The monoisotopic (exact) mass is 405 g/mol. The second-order valence-electron chi connectivity index (χ2n) is 7.27. The van der Waals surface area contributed by atoms with Gasteiger partial charge in [-0.25, -0.2) is 9.37 Å². The van der Waals surface area contributed by atoms with Crippen LogP contribution >= 0.6 is 0 Å². The van der Waals surface area contributed by atoms with Gasteiger partial charge >= 0.3 is 0 Å². The molecule has 1 N–H and O–H groups in total. The Morgan fingerprint density at radius 1 is 1.10 bits per heavy atom. The van der Waals surface area contributed by atoms with Crippen molar-refractivity contribution in [3.63, 3.8) is 0 Å². The molecule has 0 bridgehead atoms. The molecule has 152 valence electrons. The van der Waals surface area contributed by atoms with Crippen LogP contribution in [0.1, 0.15) is 32.8 Å². The summed E-state index contributed by atoms with van der Waals surface area (Å²) in [6, 6.07) is 11.5. The van der Waals surface area contributed by atoms with Crippen LogP contribution in [-0.4, -0.2) is 15.5 Å². The smallest absolute Gasteiger partial charge is 0.265 e. The number of carbonyl (C=O) groups excluding carboxylic acids is 1. The summed E-state index contributed by atoms with van der Waals surface area (Å²) in [6.07, 6.45) is 1.36. The number of anilines is 1. The van der Waals surface area contributed by atoms with E-state index in [0.29, 0.717) is 11.4 Å². The van der Waals surface area contributed by atoms with Gasteiger partial charge in [0, 0.05) is 5.69 Å². The predicted molar refractivity (Wildman–Crippen MR) is 112 cm³/mol. The van der Waals surface area contributed by atoms with Crippen molar-refractivity contribution < 1.29 is 13.6 Å². The number of aryl methyl sites for hydroxylation is 3. The number of fused-ring (bicyclic) bond motifs is 1. The Balaban J connectivity index is 1.73. The Morgan fingerprint density at radius 3 is 2.53 bits per heavy atom. The summed E-state index contributed by atoms with van der Waals surface area (Å²) in [5.74, 6) is -0.473. The second-order valence-corrected chi connectivity index (χ2v) is 7.27. The zero-order valence-electron chi connectivity index (χ0n) is 16.8. The fourth-order valence-electron chi connectivity index (χ4n) is 3.32. The molecule has 0 aliphatic heterocycles. The molecule has 2 aromatic carbocycles. The molecule has 0 aliphatic carbocycles. The van der Waals surface area contributed by atoms with Crippen LogP contribution in [0.5, 0.6) is 0 Å². The minimum atomic E-state index is -0.437. The fraction of sp³-hybridized carbons (Fsp3) is 0.174. The van der Waals surface area contributed by atoms with Gasteiger partial charge in [0.2, 0.25) is 5.71 Å². The van der Waals surface area contributed by atoms with Crippen LogP contribution in [0.15, 0.2) is 58.0 Å². The van der Waals surface area contributed by atoms with Crippen molar-refractivity contribution in [1.29, 1.82) is 0 Å². The Morgan fingerprint density at radius 2 is 1.83 bits per heavy atom. The molecule has 30 heavy (non-hydrogen) atoms. The molecular formula is C23H20FN3O3. The highest BCUT2D eigenvalue weighted by molar-refractivity contribution is 6.12. The molecule has 2 heterocycles. The third-order valence-electron chi connectivity index (χ3n) is 5.11. The lowest BCUT2D eigenvalue weighted by atomic mass is 10.1. The largest absolute Gasteiger partial charge is 0.442 e. The van der Waals surface area contributed by atoms with Crippen molar-refractivity contribution in [2.24, 2.45) is 0 Å². The highest BCUT2D eigenvalue weighted by Crippen LogP contribution is 2.23. The highest BCUT2D eigenvalue weighted by Gasteiger charge is 2.23. The molecule has 4 aromatic rings. The Hall–Kier alpha value is -3.74. The van der Waals surface area contributed by atoms with E-state index < -0.39 is 11.5 Å². The summed E-state index contributed by atoms with van der Waals surface area (Å²) in [5.41, 5.74) is 3.41. The van der Waals surface area contributed by atoms with Crippen molar-refractivity contribution in [3.05, 3.63) is 93.0 Å². The third kappa shape index (κ3) is 3.61. The summed E-state index contributed by atoms with van der Waals surface area (Å²) in [5, 5.41) is 2.95. The lowest BCUT2D eigenvalue weighted by Crippen LogP contribution is -2.23. The molecule has 4 rings (SSSR count). The van der Waals surface area contributed by atoms with Crippen molar-refractivity contribution in [3.8, 4) is 0 Å². The number of amides is 1. The van der Waals surface area contributed by atoms with E-state index in [4.69, 9.17) is 4.42 Å². The number of rotatable bonds is 4. The van der Waals surface area contributed by atoms with E-state index in [1.165, 1.54) is 23.0 Å². The van der Waals surface area contributed by atoms with Gasteiger partial charge in [0.1, 0.15) is 23.3 Å². The minimum Gasteiger partial charge on any atom is -0.442 e. The zero-order valence-corrected chi connectivity index (χ0v) is 16.8. The lowest BCUT2D eigenvalue weighted by molar-refractivity contribution is 0.102. The number of nitrogens with zero attached hydrogens (tertiary/aromatic N) is 2. The molecule has 0 aliphatic rings. The molecule has 0 saturated heterocycles. The van der Waals surface area contributed by atoms with Gasteiger partial charge in [-0.2, -0.15) is 0 Å². The number of hydrogen-bond donors (Lipinski definition) is 1. The molecule has 0 saturated carbocycles. The lowest BCUT2D eigenvalue weighted by Gasteiger charge is -2.08. The summed E-state index contributed by atoms with van der Waals surface area (Å²) in [4.78, 5) is 30.3. The molecule has 0 atom stereocenters. The summed E-state index contributed by atoms with van der Waals surface area (Å²) in [6.45, 7) is 5.77. The molecule has 6 nitrogen and oxygen atoms in total. The third-order valence-corrected chi connectivity index (χ3v) is 5.11. The van der Waals surface area contributed by atoms with Gasteiger partial charge < -0.3 is 9.73 Å². The van der Waals surface area contributed by atoms with Gasteiger partial charge in [-0.05, 0) is 61.7 Å². The number of halogens is 1. The maximum Gasteiger partial charge on any atom is 0.265 e. The Kier molecular flexibility index (Phi) is 4.95. The Labute approximate surface area is 172 Å². The van der Waals surface area contributed by atoms with Crippen LogP contribution in [0.25, 0.3) is 11.1 Å². The molecule has 2 aromatic heterocycles. The van der Waals surface area contributed by atoms with Crippen LogP contribution < -0.4 is 10.9 Å². The van der Waals surface area contributed by atoms with Crippen LogP contribution in [0.3, 0.4) is 0 Å². The van der Waals surface area contributed by atoms with Crippen LogP contribution in [0.2, 0.25) is 0 Å². The van der Waals surface area contributed by atoms with Gasteiger partial charge in [0.25, 0.3) is 11.5 Å². The van der Waals surface area contributed by atoms with Crippen LogP contribution in [0, 0.1) is 26.6 Å². The quantitative estimate of drug-likeness (QED) is 0.547. The molecule has 7 heteroatoms. The molecule has 0 spiro atoms. The first kappa shape index (κ1) is 19.6. The summed E-state index contributed by atoms with van der Waals surface area (Å²) >= 11 is 0. The maximum absolute atomic E-state index is 13.1. The van der Waals surface area contributed by atoms with Crippen LogP contribution in [-0.2, 0) is 6.54 Å². The van der Waals surface area contributed by atoms with E-state index in [2.05, 4.69) is 10.3 Å². The van der Waals surface area contributed by atoms with Gasteiger partial charge in [0.05, 0.1) is 12.1 Å². The van der Waals surface area contributed by atoms with E-state index in [9.17, 15) is 14.0 Å². The Bertz CT molecular complexity index is 1320. The first-order valence-electron chi connectivity index (χ1n) is 9.45. The van der Waals surface area contributed by atoms with Crippen LogP contribution in [0.4, 0.5) is 10.1 Å². The second kappa shape index (κ2) is 7.59. The van der Waals surface area contributed by atoms with E-state index in [1.54, 1.807) is 19.1 Å². The van der Waals surface area contributed by atoms with Gasteiger partial charge in [0.15, 0.2) is 0 Å². The van der Waals surface area contributed by atoms with E-state index in [1.807, 2.05) is 32.0 Å². The molecule has 0 unspecified atom stereocenters. The molecule has 0 radical (unpaired) electrons. The highest BCUT2D eigenvalue weighted by atomic mass is 19.1. The molecule has 0 fully saturated rings. The van der Waals surface area contributed by atoms with E-state index >= 15 is 0 Å². The standard InChI is InChI=1S/C23H20FN3O3/c1-13-4-9-18(10-14(13)2)26-21(28)19-15(3)30-22-20(19)23(29)27(12-25-22)11-16-5-7-17(24)8-6-16/h4-10,12H,11H2,1-3H3,(H,26,28). The van der Waals surface area contributed by atoms with Gasteiger partial charge in [-0.1, -0.05) is 18.2 Å². The fourth-order valence-corrected chi connectivity index (χ4v) is 3.32. The molecule has 1 amide bonds. The van der Waals surface area contributed by atoms with Gasteiger partial charge in [-0.15, -0.1) is 0 Å². The van der Waals surface area contributed by atoms with Crippen molar-refractivity contribution >= 4 is 22.7 Å². The number of benzene rings is 2. The van der Waals surface area contributed by atoms with Crippen molar-refractivity contribution in [1.82, 2.24) is 9.55 Å². The number of nitrogens with one attached hydrogen (secondary N) is 1. The predicted octanol–water partition coefficient (Wildman–Crippen LogP) is 4.35. The SMILES string of the molecule is Cc1ccc(NC(=O)c2c(C)oc3ncn(Cc4ccc(F)cc4)c(=O)c23)cc1C. The first-order valence-corrected chi connectivity index (χ1v) is 9.45. The summed E-state index contributed by atoms with van der Waals surface area (Å²) < 4.78 is 20.1. The number of aromatic nitrogens is 2. The summed E-state index contributed by atoms with van der Waals surface area (Å²) in [7, 11) is 0. The average molecular weight is 405 g/mol. The van der Waals surface area contributed by atoms with E-state index in [0.717, 1.165) is 16.7 Å². The zero-order chi connectivity index (χ0) is 21.4. The van der Waals surface area contributed by atoms with Crippen molar-refractivity contribution in [2.75, 3.05) is 5.32 Å². The number of hydrogen-bond acceptors (Lipinski definition) is 4. The van der Waals surface area contributed by atoms with Gasteiger partial charge in [-0.3, -0.25) is 14.2 Å². The van der Waals surface area contributed by atoms with Crippen molar-refractivity contribution in [2.45, 2.75) is 27.3 Å². The topological polar surface area (TPSA) is 77.1 Å². The number of furan rings is 1. The first-order chi connectivity index (χ1) is 14.3. The van der Waals surface area contributed by atoms with E-state index in [-0.39, 0.29) is 29.0 Å². The minimum absolute atomic E-state index is 0.109. The number of carbonyl (C=O) groups is 1. The molecular weight excluding hydrogens is 385 g/mol. The normalized spacial score (nSPS) is 11.1. The average Bonchev–Trinajstić information content (AvgIpc) is 3.05.